The highest BCUT2D eigenvalue weighted by Crippen LogP contribution is 2.41. The summed E-state index contributed by atoms with van der Waals surface area (Å²) in [6.45, 7) is 2.08. The van der Waals surface area contributed by atoms with Gasteiger partial charge in [-0.05, 0) is 61.6 Å². The minimum absolute atomic E-state index is 0.685. The Morgan fingerprint density at radius 1 is 1.10 bits per heavy atom. The van der Waals surface area contributed by atoms with Crippen LogP contribution in [-0.4, -0.2) is 17.5 Å². The van der Waals surface area contributed by atoms with Crippen LogP contribution in [0, 0.1) is 17.8 Å². The molecule has 108 valence electrons. The third-order valence-electron chi connectivity index (χ3n) is 4.94. The molecule has 2 aliphatic carbocycles. The first-order valence-electron chi connectivity index (χ1n) is 7.94. The summed E-state index contributed by atoms with van der Waals surface area (Å²) in [4.78, 5) is 0. The van der Waals surface area contributed by atoms with E-state index >= 15 is 0 Å². The van der Waals surface area contributed by atoms with Crippen molar-refractivity contribution in [1.29, 1.82) is 0 Å². The van der Waals surface area contributed by atoms with Crippen LogP contribution in [0.25, 0.3) is 0 Å². The Bertz CT molecular complexity index is 438. The van der Waals surface area contributed by atoms with Crippen molar-refractivity contribution in [3.05, 3.63) is 48.1 Å². The van der Waals surface area contributed by atoms with Crippen LogP contribution in [0.4, 0.5) is 0 Å². The van der Waals surface area contributed by atoms with Crippen LogP contribution >= 0.6 is 11.8 Å². The summed E-state index contributed by atoms with van der Waals surface area (Å²) in [5.74, 6) is 2.19. The van der Waals surface area contributed by atoms with E-state index < -0.39 is 0 Å². The number of piperidine rings is 1. The molecule has 3 rings (SSSR count). The molecular formula is C18H24ClN. The lowest BCUT2D eigenvalue weighted by Crippen LogP contribution is -2.34. The van der Waals surface area contributed by atoms with E-state index in [1.54, 1.807) is 5.57 Å². The third kappa shape index (κ3) is 3.27. The zero-order valence-electron chi connectivity index (χ0n) is 12.0. The van der Waals surface area contributed by atoms with Crippen molar-refractivity contribution in [2.45, 2.75) is 32.1 Å². The van der Waals surface area contributed by atoms with Gasteiger partial charge in [-0.2, -0.15) is 0 Å². The van der Waals surface area contributed by atoms with Crippen LogP contribution in [0.3, 0.4) is 0 Å². The van der Waals surface area contributed by atoms with Crippen molar-refractivity contribution in [1.82, 2.24) is 4.42 Å². The predicted octanol–water partition coefficient (Wildman–Crippen LogP) is 4.88. The monoisotopic (exact) mass is 289 g/mol. The molecule has 1 nitrogen and oxygen atoms in total. The van der Waals surface area contributed by atoms with Crippen molar-refractivity contribution >= 4 is 11.8 Å². The molecular weight excluding hydrogens is 266 g/mol. The van der Waals surface area contributed by atoms with Crippen LogP contribution in [0.5, 0.6) is 0 Å². The second-order valence-electron chi connectivity index (χ2n) is 6.19. The van der Waals surface area contributed by atoms with Gasteiger partial charge in [-0.3, -0.25) is 0 Å². The average Bonchev–Trinajstić information content (AvgIpc) is 2.52. The van der Waals surface area contributed by atoms with Crippen LogP contribution in [0.1, 0.15) is 32.1 Å². The first-order chi connectivity index (χ1) is 9.84. The van der Waals surface area contributed by atoms with E-state index in [1.807, 2.05) is 4.42 Å². The first-order valence-corrected chi connectivity index (χ1v) is 8.28. The summed E-state index contributed by atoms with van der Waals surface area (Å²) < 4.78 is 1.96. The molecule has 0 N–H and O–H groups in total. The predicted molar refractivity (Wildman–Crippen MR) is 86.5 cm³/mol. The maximum Gasteiger partial charge on any atom is 0.0141 e. The summed E-state index contributed by atoms with van der Waals surface area (Å²) in [7, 11) is 0. The van der Waals surface area contributed by atoms with E-state index in [1.165, 1.54) is 32.1 Å². The quantitative estimate of drug-likeness (QED) is 0.670. The molecule has 0 spiro atoms. The summed E-state index contributed by atoms with van der Waals surface area (Å²) in [5.41, 5.74) is 1.67. The molecule has 2 atom stereocenters. The number of halogens is 1. The highest BCUT2D eigenvalue weighted by molar-refractivity contribution is 6.13. The van der Waals surface area contributed by atoms with E-state index in [4.69, 9.17) is 11.8 Å². The highest BCUT2D eigenvalue weighted by Gasteiger charge is 2.33. The van der Waals surface area contributed by atoms with Crippen molar-refractivity contribution in [3.8, 4) is 0 Å². The number of nitrogens with zero attached hydrogens (tertiary/aromatic N) is 1. The zero-order valence-corrected chi connectivity index (χ0v) is 12.8. The van der Waals surface area contributed by atoms with Gasteiger partial charge in [-0.15, -0.1) is 0 Å². The third-order valence-corrected chi connectivity index (χ3v) is 5.28. The Morgan fingerprint density at radius 3 is 2.60 bits per heavy atom. The molecule has 1 saturated heterocycles. The molecule has 2 heteroatoms. The molecule has 0 aromatic rings. The average molecular weight is 290 g/mol. The van der Waals surface area contributed by atoms with Crippen LogP contribution < -0.4 is 0 Å². The topological polar surface area (TPSA) is 3.24 Å². The Labute approximate surface area is 127 Å². The molecule has 1 heterocycles. The van der Waals surface area contributed by atoms with Gasteiger partial charge in [0.1, 0.15) is 0 Å². The minimum Gasteiger partial charge on any atom is -0.220 e. The standard InChI is InChI=1S/C18H24ClN/c19-20-13-11-17(12-14-20)18(15-7-3-1-4-8-15)16-9-5-2-6-10-16/h1-5,7,9,15,17-18H,6,8,10-14H2. The van der Waals surface area contributed by atoms with Gasteiger partial charge in [0.15, 0.2) is 0 Å². The lowest BCUT2D eigenvalue weighted by atomic mass is 9.69. The second kappa shape index (κ2) is 6.78. The van der Waals surface area contributed by atoms with E-state index in [0.29, 0.717) is 11.8 Å². The van der Waals surface area contributed by atoms with Crippen molar-refractivity contribution in [2.24, 2.45) is 17.8 Å². The van der Waals surface area contributed by atoms with Crippen LogP contribution in [0.2, 0.25) is 0 Å². The molecule has 1 fully saturated rings. The van der Waals surface area contributed by atoms with E-state index in [-0.39, 0.29) is 0 Å². The van der Waals surface area contributed by atoms with Gasteiger partial charge in [0.05, 0.1) is 0 Å². The number of rotatable bonds is 3. The largest absolute Gasteiger partial charge is 0.220 e. The molecule has 1 aliphatic heterocycles. The van der Waals surface area contributed by atoms with E-state index in [2.05, 4.69) is 42.5 Å². The fourth-order valence-corrected chi connectivity index (χ4v) is 4.11. The minimum atomic E-state index is 0.685. The molecule has 0 amide bonds. The normalized spacial score (nSPS) is 29.4. The second-order valence-corrected chi connectivity index (χ2v) is 6.67. The Hall–Kier alpha value is -0.790. The molecule has 3 aliphatic rings. The molecule has 2 unspecified atom stereocenters. The SMILES string of the molecule is ClN1CCC(C(C2=CC=CCC2)C2C=CC=CC2)CC1. The lowest BCUT2D eigenvalue weighted by Gasteiger charge is -2.39. The molecule has 0 aromatic heterocycles. The molecule has 0 saturated carbocycles. The Kier molecular flexibility index (Phi) is 4.80. The van der Waals surface area contributed by atoms with Crippen molar-refractivity contribution < 1.29 is 0 Å². The number of hydrogen-bond donors (Lipinski definition) is 0. The van der Waals surface area contributed by atoms with Crippen LogP contribution in [-0.2, 0) is 0 Å². The van der Waals surface area contributed by atoms with Gasteiger partial charge in [0, 0.05) is 13.1 Å². The smallest absolute Gasteiger partial charge is 0.0141 e. The Balaban J connectivity index is 1.79. The summed E-state index contributed by atoms with van der Waals surface area (Å²) in [6.07, 6.45) is 22.2. The summed E-state index contributed by atoms with van der Waals surface area (Å²) in [5, 5.41) is 0. The fourth-order valence-electron chi connectivity index (χ4n) is 3.92. The van der Waals surface area contributed by atoms with Gasteiger partial charge < -0.3 is 0 Å². The van der Waals surface area contributed by atoms with Gasteiger partial charge >= 0.3 is 0 Å². The number of hydrogen-bond acceptors (Lipinski definition) is 1. The van der Waals surface area contributed by atoms with Gasteiger partial charge in [0.2, 0.25) is 0 Å². The maximum atomic E-state index is 6.14. The maximum absolute atomic E-state index is 6.14. The fraction of sp³-hybridized carbons (Fsp3) is 0.556. The molecule has 20 heavy (non-hydrogen) atoms. The summed E-state index contributed by atoms with van der Waals surface area (Å²) >= 11 is 6.14. The van der Waals surface area contributed by atoms with Gasteiger partial charge in [0.25, 0.3) is 0 Å². The Morgan fingerprint density at radius 2 is 1.95 bits per heavy atom. The number of allylic oxidation sites excluding steroid dienone is 8. The highest BCUT2D eigenvalue weighted by atomic mass is 35.5. The zero-order chi connectivity index (χ0) is 13.8. The first kappa shape index (κ1) is 14.2. The molecule has 0 bridgehead atoms. The molecule has 0 aromatic carbocycles. The van der Waals surface area contributed by atoms with Crippen molar-refractivity contribution in [3.63, 3.8) is 0 Å². The lowest BCUT2D eigenvalue weighted by molar-refractivity contribution is 0.197. The van der Waals surface area contributed by atoms with Crippen LogP contribution in [0.15, 0.2) is 48.1 Å². The van der Waals surface area contributed by atoms with Gasteiger partial charge in [-0.25, -0.2) is 4.42 Å². The summed E-state index contributed by atoms with van der Waals surface area (Å²) in [6, 6.07) is 0. The van der Waals surface area contributed by atoms with E-state index in [0.717, 1.165) is 19.0 Å². The van der Waals surface area contributed by atoms with Crippen molar-refractivity contribution in [2.75, 3.05) is 13.1 Å². The van der Waals surface area contributed by atoms with E-state index in [9.17, 15) is 0 Å². The molecule has 0 radical (unpaired) electrons. The van der Waals surface area contributed by atoms with Gasteiger partial charge in [-0.1, -0.05) is 48.1 Å².